The van der Waals surface area contributed by atoms with Gasteiger partial charge in [-0.3, -0.25) is 13.9 Å². The molecule has 2 heterocycles. The van der Waals surface area contributed by atoms with Crippen LogP contribution in [0.1, 0.15) is 37.7 Å². The van der Waals surface area contributed by atoms with Crippen LogP contribution in [0.3, 0.4) is 0 Å². The lowest BCUT2D eigenvalue weighted by Crippen LogP contribution is -2.41. The summed E-state index contributed by atoms with van der Waals surface area (Å²) in [6, 6.07) is 7.11. The Labute approximate surface area is 172 Å². The maximum atomic E-state index is 13.0. The van der Waals surface area contributed by atoms with E-state index in [9.17, 15) is 14.4 Å². The number of imidazole rings is 1. The fourth-order valence-electron chi connectivity index (χ4n) is 4.09. The molecule has 156 valence electrons. The Balaban J connectivity index is 1.71. The Kier molecular flexibility index (Phi) is 5.39. The molecule has 1 aliphatic rings. The molecule has 0 saturated heterocycles. The first-order valence-corrected chi connectivity index (χ1v) is 10.1. The molecule has 2 N–H and O–H groups in total. The number of carboxylic acids is 1. The second kappa shape index (κ2) is 8.14. The van der Waals surface area contributed by atoms with E-state index in [1.54, 1.807) is 31.3 Å². The number of benzene rings is 1. The predicted molar refractivity (Wildman–Crippen MR) is 114 cm³/mol. The van der Waals surface area contributed by atoms with Gasteiger partial charge in [-0.1, -0.05) is 43.5 Å². The summed E-state index contributed by atoms with van der Waals surface area (Å²) in [6.07, 6.45) is 8.17. The Morgan fingerprint density at radius 3 is 2.57 bits per heavy atom. The first-order valence-electron chi connectivity index (χ1n) is 10.1. The van der Waals surface area contributed by atoms with Gasteiger partial charge in [0, 0.05) is 25.2 Å². The summed E-state index contributed by atoms with van der Waals surface area (Å²) in [6.45, 7) is 0.445. The minimum absolute atomic E-state index is 0.317. The Morgan fingerprint density at radius 2 is 1.90 bits per heavy atom. The average Bonchev–Trinajstić information content (AvgIpc) is 3.21. The van der Waals surface area contributed by atoms with Crippen molar-refractivity contribution in [2.75, 3.05) is 0 Å². The van der Waals surface area contributed by atoms with Crippen LogP contribution in [-0.2, 0) is 18.4 Å². The third-order valence-corrected chi connectivity index (χ3v) is 5.75. The van der Waals surface area contributed by atoms with Crippen molar-refractivity contribution in [3.05, 3.63) is 56.7 Å². The van der Waals surface area contributed by atoms with Crippen LogP contribution in [0.2, 0.25) is 0 Å². The van der Waals surface area contributed by atoms with Crippen molar-refractivity contribution in [3.8, 4) is 11.4 Å². The molecule has 1 aromatic carbocycles. The molecule has 8 nitrogen and oxygen atoms in total. The number of aromatic nitrogens is 4. The molecule has 0 bridgehead atoms. The van der Waals surface area contributed by atoms with E-state index in [1.165, 1.54) is 21.6 Å². The number of hydrogen-bond donors (Lipinski definition) is 2. The Hall–Kier alpha value is -3.42. The highest BCUT2D eigenvalue weighted by Crippen LogP contribution is 2.24. The van der Waals surface area contributed by atoms with Crippen molar-refractivity contribution in [3.63, 3.8) is 0 Å². The van der Waals surface area contributed by atoms with Crippen LogP contribution in [-0.4, -0.2) is 30.2 Å². The normalized spacial score (nSPS) is 15.2. The maximum Gasteiger partial charge on any atom is 0.332 e. The number of aliphatic carboxylic acids is 1. The lowest BCUT2D eigenvalue weighted by atomic mass is 9.89. The van der Waals surface area contributed by atoms with Gasteiger partial charge in [-0.05, 0) is 30.4 Å². The number of rotatable bonds is 5. The third kappa shape index (κ3) is 3.85. The quantitative estimate of drug-likeness (QED) is 0.631. The van der Waals surface area contributed by atoms with Gasteiger partial charge >= 0.3 is 11.7 Å². The molecule has 30 heavy (non-hydrogen) atoms. The van der Waals surface area contributed by atoms with Gasteiger partial charge in [-0.15, -0.1) is 0 Å². The molecule has 2 aromatic heterocycles. The number of nitrogens with one attached hydrogen (secondary N) is 1. The Morgan fingerprint density at radius 1 is 1.20 bits per heavy atom. The van der Waals surface area contributed by atoms with Gasteiger partial charge in [-0.2, -0.15) is 0 Å². The van der Waals surface area contributed by atoms with E-state index in [0.29, 0.717) is 29.5 Å². The zero-order valence-electron chi connectivity index (χ0n) is 16.8. The second-order valence-electron chi connectivity index (χ2n) is 7.84. The molecule has 4 rings (SSSR count). The highest BCUT2D eigenvalue weighted by Gasteiger charge is 2.20. The van der Waals surface area contributed by atoms with Crippen molar-refractivity contribution in [1.82, 2.24) is 19.1 Å². The monoisotopic (exact) mass is 408 g/mol. The number of nitrogens with zero attached hydrogens (tertiary/aromatic N) is 3. The smallest absolute Gasteiger partial charge is 0.332 e. The Bertz CT molecular complexity index is 1220. The molecule has 3 aromatic rings. The minimum Gasteiger partial charge on any atom is -0.478 e. The SMILES string of the molecule is Cn1c(=O)n(CC2CCCCC2)c(=O)c2[nH]c(-c3ccc(/C=C/C(=O)O)cc3)nc21. The molecule has 0 atom stereocenters. The van der Waals surface area contributed by atoms with E-state index in [1.807, 2.05) is 0 Å². The molecule has 0 aliphatic heterocycles. The zero-order chi connectivity index (χ0) is 21.3. The number of carboxylic acid groups (broad SMARTS) is 1. The van der Waals surface area contributed by atoms with E-state index in [0.717, 1.165) is 42.9 Å². The van der Waals surface area contributed by atoms with Gasteiger partial charge in [0.1, 0.15) is 11.3 Å². The average molecular weight is 408 g/mol. The largest absolute Gasteiger partial charge is 0.478 e. The molecule has 0 amide bonds. The number of H-pyrrole nitrogens is 1. The highest BCUT2D eigenvalue weighted by molar-refractivity contribution is 5.85. The van der Waals surface area contributed by atoms with Crippen molar-refractivity contribution >= 4 is 23.2 Å². The van der Waals surface area contributed by atoms with Crippen LogP contribution < -0.4 is 11.2 Å². The first kappa shape index (κ1) is 19.9. The van der Waals surface area contributed by atoms with Crippen LogP contribution in [0.5, 0.6) is 0 Å². The van der Waals surface area contributed by atoms with Gasteiger partial charge in [0.05, 0.1) is 0 Å². The van der Waals surface area contributed by atoms with Crippen LogP contribution in [0.15, 0.2) is 39.9 Å². The van der Waals surface area contributed by atoms with Gasteiger partial charge in [0.25, 0.3) is 5.56 Å². The van der Waals surface area contributed by atoms with Crippen molar-refractivity contribution in [2.24, 2.45) is 13.0 Å². The van der Waals surface area contributed by atoms with Crippen LogP contribution in [0.25, 0.3) is 28.6 Å². The summed E-state index contributed by atoms with van der Waals surface area (Å²) in [5.41, 5.74) is 1.44. The molecule has 1 aliphatic carbocycles. The van der Waals surface area contributed by atoms with E-state index >= 15 is 0 Å². The zero-order valence-corrected chi connectivity index (χ0v) is 16.8. The van der Waals surface area contributed by atoms with Gasteiger partial charge in [-0.25, -0.2) is 14.6 Å². The van der Waals surface area contributed by atoms with Gasteiger partial charge in [0.15, 0.2) is 5.65 Å². The lowest BCUT2D eigenvalue weighted by Gasteiger charge is -2.22. The fraction of sp³-hybridized carbons (Fsp3) is 0.364. The number of fused-ring (bicyclic) bond motifs is 1. The summed E-state index contributed by atoms with van der Waals surface area (Å²) in [5, 5.41) is 8.73. The topological polar surface area (TPSA) is 110 Å². The molecule has 1 saturated carbocycles. The summed E-state index contributed by atoms with van der Waals surface area (Å²) in [4.78, 5) is 44.0. The highest BCUT2D eigenvalue weighted by atomic mass is 16.4. The fourth-order valence-corrected chi connectivity index (χ4v) is 4.09. The summed E-state index contributed by atoms with van der Waals surface area (Å²) in [5.74, 6) is -0.168. The molecule has 0 radical (unpaired) electrons. The number of carbonyl (C=O) groups is 1. The van der Waals surface area contributed by atoms with Crippen molar-refractivity contribution in [1.29, 1.82) is 0 Å². The number of aryl methyl sites for hydroxylation is 1. The molecule has 8 heteroatoms. The maximum absolute atomic E-state index is 13.0. The summed E-state index contributed by atoms with van der Waals surface area (Å²) < 4.78 is 2.75. The second-order valence-corrected chi connectivity index (χ2v) is 7.84. The molecular weight excluding hydrogens is 384 g/mol. The molecule has 0 spiro atoms. The van der Waals surface area contributed by atoms with E-state index < -0.39 is 5.97 Å². The summed E-state index contributed by atoms with van der Waals surface area (Å²) >= 11 is 0. The molecular formula is C22H24N4O4. The lowest BCUT2D eigenvalue weighted by molar-refractivity contribution is -0.131. The number of aromatic amines is 1. The van der Waals surface area contributed by atoms with Crippen LogP contribution in [0, 0.1) is 5.92 Å². The van der Waals surface area contributed by atoms with Crippen LogP contribution >= 0.6 is 0 Å². The van der Waals surface area contributed by atoms with E-state index in [2.05, 4.69) is 9.97 Å². The van der Waals surface area contributed by atoms with Gasteiger partial charge in [0.2, 0.25) is 0 Å². The molecule has 0 unspecified atom stereocenters. The van der Waals surface area contributed by atoms with E-state index in [-0.39, 0.29) is 11.2 Å². The van der Waals surface area contributed by atoms with Gasteiger partial charge < -0.3 is 10.1 Å². The third-order valence-electron chi connectivity index (χ3n) is 5.75. The molecule has 1 fully saturated rings. The first-order chi connectivity index (χ1) is 14.4. The van der Waals surface area contributed by atoms with Crippen molar-refractivity contribution < 1.29 is 9.90 Å². The van der Waals surface area contributed by atoms with Crippen molar-refractivity contribution in [2.45, 2.75) is 38.6 Å². The number of hydrogen-bond acceptors (Lipinski definition) is 4. The standard InChI is InChI=1S/C22H24N4O4/c1-25-20-18(21(29)26(22(25)30)13-15-5-3-2-4-6-15)23-19(24-20)16-10-7-14(8-11-16)9-12-17(27)28/h7-12,15H,2-6,13H2,1H3,(H,23,24)(H,27,28)/b12-9+. The summed E-state index contributed by atoms with van der Waals surface area (Å²) in [7, 11) is 1.63. The predicted octanol–water partition coefficient (Wildman–Crippen LogP) is 2.77. The minimum atomic E-state index is -1.01. The van der Waals surface area contributed by atoms with Crippen LogP contribution in [0.4, 0.5) is 0 Å². The van der Waals surface area contributed by atoms with E-state index in [4.69, 9.17) is 5.11 Å².